The lowest BCUT2D eigenvalue weighted by atomic mass is 10.1. The van der Waals surface area contributed by atoms with Gasteiger partial charge in [-0.25, -0.2) is 0 Å². The average Bonchev–Trinajstić information content (AvgIpc) is 2.76. The van der Waals surface area contributed by atoms with Gasteiger partial charge in [0.15, 0.2) is 0 Å². The minimum absolute atomic E-state index is 0.0786. The molecule has 1 aromatic heterocycles. The number of nitrogens with zero attached hydrogens (tertiary/aromatic N) is 1. The molecule has 1 amide bonds. The van der Waals surface area contributed by atoms with Crippen LogP contribution in [-0.2, 0) is 0 Å². The largest absolute Gasteiger partial charge is 0.338 e. The number of aryl methyl sites for hydroxylation is 1. The third kappa shape index (κ3) is 4.09. The highest BCUT2D eigenvalue weighted by atomic mass is 32.1. The third-order valence-corrected chi connectivity index (χ3v) is 4.26. The summed E-state index contributed by atoms with van der Waals surface area (Å²) in [7, 11) is 1.86. The summed E-state index contributed by atoms with van der Waals surface area (Å²) in [5.41, 5.74) is 6.42. The Kier molecular flexibility index (Phi) is 6.07. The van der Waals surface area contributed by atoms with E-state index in [1.54, 1.807) is 0 Å². The van der Waals surface area contributed by atoms with Gasteiger partial charge in [-0.05, 0) is 31.9 Å². The summed E-state index contributed by atoms with van der Waals surface area (Å²) in [6.07, 6.45) is 2.10. The number of carbonyl (C=O) groups is 1. The second-order valence-corrected chi connectivity index (χ2v) is 5.73. The Balaban J connectivity index is 2.88. The van der Waals surface area contributed by atoms with Gasteiger partial charge in [-0.15, -0.1) is 11.3 Å². The van der Waals surface area contributed by atoms with Crippen molar-refractivity contribution in [3.63, 3.8) is 0 Å². The molecule has 1 heterocycles. The topological polar surface area (TPSA) is 46.3 Å². The number of rotatable bonds is 4. The zero-order chi connectivity index (χ0) is 14.4. The first kappa shape index (κ1) is 15.7. The Morgan fingerprint density at radius 1 is 1.58 bits per heavy atom. The number of carbonyl (C=O) groups excluding carboxylic acids is 1. The smallest absolute Gasteiger partial charge is 0.263 e. The predicted octanol–water partition coefficient (Wildman–Crippen LogP) is 2.63. The standard InChI is InChI=1S/C15H22N2OS/c1-5-7-12(3)17(4)15(18)14-10-11(2)13(19-14)8-6-9-16/h10,12H,5,7,9,16H2,1-4H3. The maximum Gasteiger partial charge on any atom is 0.263 e. The van der Waals surface area contributed by atoms with Gasteiger partial charge in [-0.2, -0.15) is 0 Å². The molecule has 1 rings (SSSR count). The van der Waals surface area contributed by atoms with Crippen molar-refractivity contribution in [2.45, 2.75) is 39.7 Å². The van der Waals surface area contributed by atoms with E-state index in [2.05, 4.69) is 25.7 Å². The molecule has 0 saturated heterocycles. The number of hydrogen-bond acceptors (Lipinski definition) is 3. The van der Waals surface area contributed by atoms with Crippen molar-refractivity contribution in [3.8, 4) is 11.8 Å². The van der Waals surface area contributed by atoms with Crippen molar-refractivity contribution in [2.24, 2.45) is 5.73 Å². The van der Waals surface area contributed by atoms with Crippen LogP contribution in [0.5, 0.6) is 0 Å². The van der Waals surface area contributed by atoms with Gasteiger partial charge in [0.05, 0.1) is 16.3 Å². The van der Waals surface area contributed by atoms with Gasteiger partial charge < -0.3 is 10.6 Å². The van der Waals surface area contributed by atoms with E-state index in [1.807, 2.05) is 24.9 Å². The minimum atomic E-state index is 0.0786. The second-order valence-electron chi connectivity index (χ2n) is 4.68. The molecule has 0 aromatic carbocycles. The van der Waals surface area contributed by atoms with Gasteiger partial charge in [0.2, 0.25) is 0 Å². The van der Waals surface area contributed by atoms with E-state index in [1.165, 1.54) is 11.3 Å². The highest BCUT2D eigenvalue weighted by molar-refractivity contribution is 7.14. The monoisotopic (exact) mass is 278 g/mol. The normalized spacial score (nSPS) is 11.6. The Morgan fingerprint density at radius 3 is 2.84 bits per heavy atom. The van der Waals surface area contributed by atoms with Gasteiger partial charge in [0, 0.05) is 13.1 Å². The van der Waals surface area contributed by atoms with E-state index in [0.29, 0.717) is 6.54 Å². The van der Waals surface area contributed by atoms with Crippen LogP contribution in [0.2, 0.25) is 0 Å². The molecule has 2 N–H and O–H groups in total. The molecular formula is C15H22N2OS. The number of amides is 1. The maximum absolute atomic E-state index is 12.4. The molecule has 1 atom stereocenters. The first-order chi connectivity index (χ1) is 9.01. The van der Waals surface area contributed by atoms with Gasteiger partial charge >= 0.3 is 0 Å². The predicted molar refractivity (Wildman–Crippen MR) is 81.5 cm³/mol. The molecule has 104 valence electrons. The van der Waals surface area contributed by atoms with Crippen LogP contribution < -0.4 is 5.73 Å². The molecule has 0 saturated carbocycles. The fourth-order valence-electron chi connectivity index (χ4n) is 1.83. The van der Waals surface area contributed by atoms with E-state index >= 15 is 0 Å². The summed E-state index contributed by atoms with van der Waals surface area (Å²) in [5, 5.41) is 0. The van der Waals surface area contributed by atoms with Gasteiger partial charge in [0.25, 0.3) is 5.91 Å². The van der Waals surface area contributed by atoms with Crippen LogP contribution in [0.25, 0.3) is 0 Å². The molecule has 0 aliphatic rings. The molecule has 4 heteroatoms. The van der Waals surface area contributed by atoms with Gasteiger partial charge in [0.1, 0.15) is 0 Å². The molecule has 3 nitrogen and oxygen atoms in total. The van der Waals surface area contributed by atoms with E-state index < -0.39 is 0 Å². The summed E-state index contributed by atoms with van der Waals surface area (Å²) < 4.78 is 0. The van der Waals surface area contributed by atoms with Crippen LogP contribution in [-0.4, -0.2) is 30.4 Å². The molecule has 0 aliphatic carbocycles. The lowest BCUT2D eigenvalue weighted by Crippen LogP contribution is -2.34. The highest BCUT2D eigenvalue weighted by Gasteiger charge is 2.19. The quantitative estimate of drug-likeness (QED) is 0.861. The van der Waals surface area contributed by atoms with Gasteiger partial charge in [-0.3, -0.25) is 4.79 Å². The summed E-state index contributed by atoms with van der Waals surface area (Å²) in [5.74, 6) is 5.93. The first-order valence-electron chi connectivity index (χ1n) is 6.57. The van der Waals surface area contributed by atoms with Crippen LogP contribution in [0.15, 0.2) is 6.07 Å². The Morgan fingerprint density at radius 2 is 2.26 bits per heavy atom. The molecule has 0 fully saturated rings. The summed E-state index contributed by atoms with van der Waals surface area (Å²) >= 11 is 1.45. The first-order valence-corrected chi connectivity index (χ1v) is 7.39. The Bertz CT molecular complexity index is 496. The molecular weight excluding hydrogens is 256 g/mol. The van der Waals surface area contributed by atoms with Crippen LogP contribution >= 0.6 is 11.3 Å². The van der Waals surface area contributed by atoms with Crippen molar-refractivity contribution in [1.29, 1.82) is 0 Å². The van der Waals surface area contributed by atoms with Crippen molar-refractivity contribution < 1.29 is 4.79 Å². The van der Waals surface area contributed by atoms with E-state index in [4.69, 9.17) is 5.73 Å². The van der Waals surface area contributed by atoms with E-state index in [-0.39, 0.29) is 11.9 Å². The van der Waals surface area contributed by atoms with Crippen LogP contribution in [0.3, 0.4) is 0 Å². The zero-order valence-corrected chi connectivity index (χ0v) is 12.9. The Labute approximate surface area is 119 Å². The lowest BCUT2D eigenvalue weighted by molar-refractivity contribution is 0.0741. The SMILES string of the molecule is CCCC(C)N(C)C(=O)c1cc(C)c(C#CCN)s1. The molecule has 19 heavy (non-hydrogen) atoms. The summed E-state index contributed by atoms with van der Waals surface area (Å²) in [6, 6.07) is 2.18. The highest BCUT2D eigenvalue weighted by Crippen LogP contribution is 2.23. The zero-order valence-electron chi connectivity index (χ0n) is 12.1. The van der Waals surface area contributed by atoms with Crippen LogP contribution in [0.4, 0.5) is 0 Å². The Hall–Kier alpha value is -1.31. The molecule has 0 radical (unpaired) electrons. The molecule has 1 unspecified atom stereocenters. The number of nitrogens with two attached hydrogens (primary N) is 1. The molecule has 0 bridgehead atoms. The van der Waals surface area contributed by atoms with E-state index in [9.17, 15) is 4.79 Å². The van der Waals surface area contributed by atoms with Crippen LogP contribution in [0.1, 0.15) is 46.8 Å². The molecule has 0 spiro atoms. The fourth-order valence-corrected chi connectivity index (χ4v) is 2.86. The summed E-state index contributed by atoms with van der Waals surface area (Å²) in [6.45, 7) is 6.53. The fraction of sp³-hybridized carbons (Fsp3) is 0.533. The maximum atomic E-state index is 12.4. The lowest BCUT2D eigenvalue weighted by Gasteiger charge is -2.23. The van der Waals surface area contributed by atoms with Crippen LogP contribution in [0, 0.1) is 18.8 Å². The van der Waals surface area contributed by atoms with E-state index in [0.717, 1.165) is 28.2 Å². The van der Waals surface area contributed by atoms with Crippen molar-refractivity contribution in [2.75, 3.05) is 13.6 Å². The second kappa shape index (κ2) is 7.32. The van der Waals surface area contributed by atoms with Crippen molar-refractivity contribution in [1.82, 2.24) is 4.90 Å². The average molecular weight is 278 g/mol. The number of thiophene rings is 1. The minimum Gasteiger partial charge on any atom is -0.338 e. The third-order valence-electron chi connectivity index (χ3n) is 3.12. The number of hydrogen-bond donors (Lipinski definition) is 1. The molecule has 1 aromatic rings. The van der Waals surface area contributed by atoms with Crippen molar-refractivity contribution >= 4 is 17.2 Å². The van der Waals surface area contributed by atoms with Crippen molar-refractivity contribution in [3.05, 3.63) is 21.4 Å². The molecule has 0 aliphatic heterocycles. The summed E-state index contributed by atoms with van der Waals surface area (Å²) in [4.78, 5) is 15.9. The van der Waals surface area contributed by atoms with Gasteiger partial charge in [-0.1, -0.05) is 25.2 Å².